The molecule has 1 atom stereocenters. The van der Waals surface area contributed by atoms with Gasteiger partial charge in [-0.2, -0.15) is 4.31 Å². The van der Waals surface area contributed by atoms with Gasteiger partial charge in [0, 0.05) is 13.1 Å². The third-order valence-electron chi connectivity index (χ3n) is 4.82. The summed E-state index contributed by atoms with van der Waals surface area (Å²) in [5.41, 5.74) is 0.887. The van der Waals surface area contributed by atoms with Crippen LogP contribution in [0.3, 0.4) is 0 Å². The number of halogens is 1. The Morgan fingerprint density at radius 2 is 2.00 bits per heavy atom. The van der Waals surface area contributed by atoms with Gasteiger partial charge in [-0.1, -0.05) is 18.2 Å². The summed E-state index contributed by atoms with van der Waals surface area (Å²) in [6, 6.07) is 10.9. The van der Waals surface area contributed by atoms with Gasteiger partial charge in [-0.25, -0.2) is 12.8 Å². The Balaban J connectivity index is 1.80. The van der Waals surface area contributed by atoms with Gasteiger partial charge < -0.3 is 10.1 Å². The molecule has 1 heterocycles. The number of ether oxygens (including phenoxy) is 1. The zero-order chi connectivity index (χ0) is 20.3. The monoisotopic (exact) mass is 406 g/mol. The van der Waals surface area contributed by atoms with Gasteiger partial charge in [-0.15, -0.1) is 0 Å². The standard InChI is InChI=1S/C20H23FN2O4S/c1-14-9-10-18(27-2)19(12-14)28(25,26)23-11-5-6-15(13-23)20(24)22-17-8-4-3-7-16(17)21/h3-4,7-10,12,15H,5-6,11,13H2,1-2H3,(H,22,24)/t15-/m0/s1. The van der Waals surface area contributed by atoms with Crippen LogP contribution in [-0.2, 0) is 14.8 Å². The van der Waals surface area contributed by atoms with Gasteiger partial charge in [0.1, 0.15) is 16.5 Å². The summed E-state index contributed by atoms with van der Waals surface area (Å²) in [4.78, 5) is 12.7. The maximum Gasteiger partial charge on any atom is 0.246 e. The zero-order valence-corrected chi connectivity index (χ0v) is 16.6. The SMILES string of the molecule is COc1ccc(C)cc1S(=O)(=O)N1CCC[C@H](C(=O)Nc2ccccc2F)C1. The first-order valence-electron chi connectivity index (χ1n) is 9.03. The Labute approximate surface area is 164 Å². The summed E-state index contributed by atoms with van der Waals surface area (Å²) in [6.45, 7) is 2.17. The van der Waals surface area contributed by atoms with E-state index in [4.69, 9.17) is 4.74 Å². The number of carbonyl (C=O) groups excluding carboxylic acids is 1. The summed E-state index contributed by atoms with van der Waals surface area (Å²) in [5, 5.41) is 2.56. The van der Waals surface area contributed by atoms with Crippen molar-refractivity contribution in [3.63, 3.8) is 0 Å². The Bertz CT molecular complexity index is 978. The third-order valence-corrected chi connectivity index (χ3v) is 6.71. The number of para-hydroxylation sites is 1. The first-order chi connectivity index (χ1) is 13.3. The number of sulfonamides is 1. The summed E-state index contributed by atoms with van der Waals surface area (Å²) in [6.07, 6.45) is 1.08. The summed E-state index contributed by atoms with van der Waals surface area (Å²) < 4.78 is 46.6. The molecule has 0 aromatic heterocycles. The van der Waals surface area contributed by atoms with E-state index in [0.29, 0.717) is 19.4 Å². The van der Waals surface area contributed by atoms with Crippen LogP contribution >= 0.6 is 0 Å². The van der Waals surface area contributed by atoms with Crippen molar-refractivity contribution < 1.29 is 22.3 Å². The Morgan fingerprint density at radius 3 is 2.71 bits per heavy atom. The average Bonchev–Trinajstić information content (AvgIpc) is 2.69. The fourth-order valence-corrected chi connectivity index (χ4v) is 5.06. The van der Waals surface area contributed by atoms with Crippen molar-refractivity contribution in [2.24, 2.45) is 5.92 Å². The van der Waals surface area contributed by atoms with Gasteiger partial charge in [0.2, 0.25) is 15.9 Å². The number of nitrogens with zero attached hydrogens (tertiary/aromatic N) is 1. The van der Waals surface area contributed by atoms with Gasteiger partial charge in [-0.05, 0) is 49.6 Å². The van der Waals surface area contributed by atoms with Gasteiger partial charge >= 0.3 is 0 Å². The van der Waals surface area contributed by atoms with Crippen LogP contribution < -0.4 is 10.1 Å². The van der Waals surface area contributed by atoms with Gasteiger partial charge in [0.05, 0.1) is 18.7 Å². The van der Waals surface area contributed by atoms with E-state index in [1.807, 2.05) is 0 Å². The predicted molar refractivity (Wildman–Crippen MR) is 104 cm³/mol. The van der Waals surface area contributed by atoms with E-state index < -0.39 is 21.8 Å². The lowest BCUT2D eigenvalue weighted by Gasteiger charge is -2.31. The second kappa shape index (κ2) is 8.28. The number of methoxy groups -OCH3 is 1. The van der Waals surface area contributed by atoms with Gasteiger partial charge in [-0.3, -0.25) is 4.79 Å². The van der Waals surface area contributed by atoms with E-state index in [0.717, 1.165) is 5.56 Å². The molecular weight excluding hydrogens is 383 g/mol. The molecule has 0 unspecified atom stereocenters. The molecular formula is C20H23FN2O4S. The van der Waals surface area contributed by atoms with Crippen LogP contribution in [0.1, 0.15) is 18.4 Å². The number of rotatable bonds is 5. The quantitative estimate of drug-likeness (QED) is 0.828. The highest BCUT2D eigenvalue weighted by Crippen LogP contribution is 2.31. The number of hydrogen-bond donors (Lipinski definition) is 1. The maximum absolute atomic E-state index is 13.8. The second-order valence-electron chi connectivity index (χ2n) is 6.83. The minimum Gasteiger partial charge on any atom is -0.495 e. The second-order valence-corrected chi connectivity index (χ2v) is 8.73. The number of amides is 1. The lowest BCUT2D eigenvalue weighted by Crippen LogP contribution is -2.43. The number of carbonyl (C=O) groups is 1. The fourth-order valence-electron chi connectivity index (χ4n) is 3.30. The number of aryl methyl sites for hydroxylation is 1. The topological polar surface area (TPSA) is 75.7 Å². The van der Waals surface area contributed by atoms with Crippen molar-refractivity contribution in [1.82, 2.24) is 4.31 Å². The fraction of sp³-hybridized carbons (Fsp3) is 0.350. The van der Waals surface area contributed by atoms with Crippen molar-refractivity contribution in [3.05, 3.63) is 53.8 Å². The predicted octanol–water partition coefficient (Wildman–Crippen LogP) is 3.18. The van der Waals surface area contributed by atoms with E-state index in [1.165, 1.54) is 29.6 Å². The van der Waals surface area contributed by atoms with Crippen LogP contribution in [0.4, 0.5) is 10.1 Å². The Hall–Kier alpha value is -2.45. The first kappa shape index (κ1) is 20.3. The van der Waals surface area contributed by atoms with Gasteiger partial charge in [0.15, 0.2) is 0 Å². The minimum absolute atomic E-state index is 0.0414. The van der Waals surface area contributed by atoms with Crippen molar-refractivity contribution >= 4 is 21.6 Å². The zero-order valence-electron chi connectivity index (χ0n) is 15.8. The van der Waals surface area contributed by atoms with E-state index in [-0.39, 0.29) is 28.8 Å². The van der Waals surface area contributed by atoms with Crippen LogP contribution in [0, 0.1) is 18.7 Å². The van der Waals surface area contributed by atoms with Crippen LogP contribution in [-0.4, -0.2) is 38.8 Å². The van der Waals surface area contributed by atoms with Crippen LogP contribution in [0.5, 0.6) is 5.75 Å². The molecule has 2 aromatic carbocycles. The Morgan fingerprint density at radius 1 is 1.25 bits per heavy atom. The molecule has 28 heavy (non-hydrogen) atoms. The minimum atomic E-state index is -3.82. The molecule has 0 bridgehead atoms. The summed E-state index contributed by atoms with van der Waals surface area (Å²) in [7, 11) is -2.40. The number of piperidine rings is 1. The number of nitrogens with one attached hydrogen (secondary N) is 1. The van der Waals surface area contributed by atoms with E-state index in [2.05, 4.69) is 5.32 Å². The van der Waals surface area contributed by atoms with Crippen molar-refractivity contribution in [2.45, 2.75) is 24.7 Å². The molecule has 1 aliphatic heterocycles. The first-order valence-corrected chi connectivity index (χ1v) is 10.5. The number of anilines is 1. The third kappa shape index (κ3) is 4.18. The molecule has 1 fully saturated rings. The van der Waals surface area contributed by atoms with E-state index in [9.17, 15) is 17.6 Å². The molecule has 6 nitrogen and oxygen atoms in total. The lowest BCUT2D eigenvalue weighted by molar-refractivity contribution is -0.120. The largest absolute Gasteiger partial charge is 0.495 e. The van der Waals surface area contributed by atoms with Crippen molar-refractivity contribution in [1.29, 1.82) is 0 Å². The molecule has 1 amide bonds. The molecule has 1 saturated heterocycles. The molecule has 0 saturated carbocycles. The van der Waals surface area contributed by atoms with Gasteiger partial charge in [0.25, 0.3) is 0 Å². The van der Waals surface area contributed by atoms with E-state index in [1.54, 1.807) is 31.2 Å². The van der Waals surface area contributed by atoms with Crippen LogP contribution in [0.15, 0.2) is 47.4 Å². The molecule has 0 aliphatic carbocycles. The Kier molecular flexibility index (Phi) is 6.00. The highest BCUT2D eigenvalue weighted by molar-refractivity contribution is 7.89. The summed E-state index contributed by atoms with van der Waals surface area (Å²) >= 11 is 0. The highest BCUT2D eigenvalue weighted by atomic mass is 32.2. The maximum atomic E-state index is 13.8. The lowest BCUT2D eigenvalue weighted by atomic mass is 9.98. The van der Waals surface area contributed by atoms with Crippen LogP contribution in [0.2, 0.25) is 0 Å². The van der Waals surface area contributed by atoms with E-state index >= 15 is 0 Å². The molecule has 0 radical (unpaired) electrons. The number of benzene rings is 2. The molecule has 0 spiro atoms. The highest BCUT2D eigenvalue weighted by Gasteiger charge is 2.35. The van der Waals surface area contributed by atoms with Crippen molar-refractivity contribution in [3.8, 4) is 5.75 Å². The average molecular weight is 406 g/mol. The molecule has 1 aliphatic rings. The molecule has 2 aromatic rings. The molecule has 8 heteroatoms. The van der Waals surface area contributed by atoms with Crippen LogP contribution in [0.25, 0.3) is 0 Å². The molecule has 1 N–H and O–H groups in total. The normalized spacial score (nSPS) is 17.9. The molecule has 3 rings (SSSR count). The smallest absolute Gasteiger partial charge is 0.246 e. The van der Waals surface area contributed by atoms with Crippen molar-refractivity contribution in [2.75, 3.05) is 25.5 Å². The summed E-state index contributed by atoms with van der Waals surface area (Å²) in [5.74, 6) is -1.20. The molecule has 150 valence electrons. The number of hydrogen-bond acceptors (Lipinski definition) is 4.